The topological polar surface area (TPSA) is 78.4 Å². The molecule has 0 atom stereocenters. The van der Waals surface area contributed by atoms with E-state index in [4.69, 9.17) is 0 Å². The summed E-state index contributed by atoms with van der Waals surface area (Å²) in [6.07, 6.45) is 0. The second kappa shape index (κ2) is 7.86. The number of benzene rings is 4. The summed E-state index contributed by atoms with van der Waals surface area (Å²) in [6, 6.07) is 26.2. The number of aromatic hydroxyl groups is 1. The number of carbonyl (C=O) groups is 2. The van der Waals surface area contributed by atoms with Gasteiger partial charge in [-0.05, 0) is 60.0 Å². The maximum atomic E-state index is 12.7. The fourth-order valence-corrected chi connectivity index (χ4v) is 3.08. The van der Waals surface area contributed by atoms with Crippen molar-refractivity contribution in [1.29, 1.82) is 0 Å². The molecule has 0 bridgehead atoms. The fourth-order valence-electron chi connectivity index (χ4n) is 3.08. The smallest absolute Gasteiger partial charge is 0.255 e. The van der Waals surface area contributed by atoms with Gasteiger partial charge in [0.1, 0.15) is 5.75 Å². The zero-order valence-corrected chi connectivity index (χ0v) is 15.4. The first kappa shape index (κ1) is 18.3. The van der Waals surface area contributed by atoms with Crippen LogP contribution in [0.4, 0.5) is 11.4 Å². The molecule has 0 fully saturated rings. The van der Waals surface area contributed by atoms with Crippen LogP contribution < -0.4 is 10.6 Å². The van der Waals surface area contributed by atoms with Crippen LogP contribution in [0.5, 0.6) is 5.75 Å². The fraction of sp³-hybridized carbons (Fsp3) is 0. The molecule has 0 saturated heterocycles. The van der Waals surface area contributed by atoms with Crippen LogP contribution >= 0.6 is 0 Å². The third-order valence-electron chi connectivity index (χ3n) is 4.53. The van der Waals surface area contributed by atoms with Gasteiger partial charge in [0.15, 0.2) is 0 Å². The molecule has 0 unspecified atom stereocenters. The standard InChI is InChI=1S/C24H18N2O3/c27-22-11-5-8-17-14-20(12-13-21(17)22)26-24(29)18-9-4-10-19(15-18)25-23(28)16-6-2-1-3-7-16/h1-15,27H,(H,25,28)(H,26,29). The molecule has 0 aliphatic carbocycles. The van der Waals surface area contributed by atoms with Gasteiger partial charge in [-0.25, -0.2) is 0 Å². The zero-order valence-electron chi connectivity index (χ0n) is 15.4. The predicted molar refractivity (Wildman–Crippen MR) is 114 cm³/mol. The summed E-state index contributed by atoms with van der Waals surface area (Å²) < 4.78 is 0. The van der Waals surface area contributed by atoms with Crippen LogP contribution in [-0.2, 0) is 0 Å². The number of nitrogens with one attached hydrogen (secondary N) is 2. The van der Waals surface area contributed by atoms with Gasteiger partial charge in [0.05, 0.1) is 0 Å². The molecular weight excluding hydrogens is 364 g/mol. The van der Waals surface area contributed by atoms with Crippen molar-refractivity contribution in [2.24, 2.45) is 0 Å². The minimum absolute atomic E-state index is 0.197. The molecule has 0 aliphatic rings. The van der Waals surface area contributed by atoms with Crippen molar-refractivity contribution in [3.8, 4) is 5.75 Å². The average molecular weight is 382 g/mol. The largest absolute Gasteiger partial charge is 0.507 e. The number of hydrogen-bond donors (Lipinski definition) is 3. The summed E-state index contributed by atoms with van der Waals surface area (Å²) in [5.41, 5.74) is 2.12. The number of amides is 2. The Labute approximate surface area is 167 Å². The third kappa shape index (κ3) is 4.09. The normalized spacial score (nSPS) is 10.5. The van der Waals surface area contributed by atoms with Crippen LogP contribution in [0.1, 0.15) is 20.7 Å². The van der Waals surface area contributed by atoms with Gasteiger partial charge < -0.3 is 15.7 Å². The minimum Gasteiger partial charge on any atom is -0.507 e. The van der Waals surface area contributed by atoms with Crippen LogP contribution in [0.3, 0.4) is 0 Å². The van der Waals surface area contributed by atoms with E-state index in [0.29, 0.717) is 22.5 Å². The molecule has 0 aliphatic heterocycles. The lowest BCUT2D eigenvalue weighted by atomic mass is 10.1. The lowest BCUT2D eigenvalue weighted by Gasteiger charge is -2.09. The Morgan fingerprint density at radius 3 is 2.07 bits per heavy atom. The first-order chi connectivity index (χ1) is 14.1. The van der Waals surface area contributed by atoms with E-state index in [-0.39, 0.29) is 17.6 Å². The van der Waals surface area contributed by atoms with Gasteiger partial charge in [-0.3, -0.25) is 9.59 Å². The van der Waals surface area contributed by atoms with Crippen molar-refractivity contribution in [2.75, 3.05) is 10.6 Å². The van der Waals surface area contributed by atoms with E-state index in [0.717, 1.165) is 10.8 Å². The molecule has 5 heteroatoms. The molecule has 29 heavy (non-hydrogen) atoms. The molecule has 0 spiro atoms. The lowest BCUT2D eigenvalue weighted by Crippen LogP contribution is -2.14. The summed E-state index contributed by atoms with van der Waals surface area (Å²) in [6.45, 7) is 0. The summed E-state index contributed by atoms with van der Waals surface area (Å²) in [7, 11) is 0. The van der Waals surface area contributed by atoms with E-state index in [2.05, 4.69) is 10.6 Å². The first-order valence-corrected chi connectivity index (χ1v) is 9.10. The van der Waals surface area contributed by atoms with Gasteiger partial charge in [-0.2, -0.15) is 0 Å². The number of rotatable bonds is 4. The second-order valence-electron chi connectivity index (χ2n) is 6.57. The summed E-state index contributed by atoms with van der Waals surface area (Å²) >= 11 is 0. The number of anilines is 2. The predicted octanol–water partition coefficient (Wildman–Crippen LogP) is 5.05. The summed E-state index contributed by atoms with van der Waals surface area (Å²) in [5.74, 6) is -0.333. The average Bonchev–Trinajstić information content (AvgIpc) is 2.74. The number of phenols is 1. The van der Waals surface area contributed by atoms with Crippen LogP contribution in [0.2, 0.25) is 0 Å². The Morgan fingerprint density at radius 2 is 1.28 bits per heavy atom. The molecule has 4 rings (SSSR count). The zero-order chi connectivity index (χ0) is 20.2. The molecule has 4 aromatic carbocycles. The van der Waals surface area contributed by atoms with Crippen molar-refractivity contribution in [2.45, 2.75) is 0 Å². The second-order valence-corrected chi connectivity index (χ2v) is 6.57. The highest BCUT2D eigenvalue weighted by Crippen LogP contribution is 2.27. The SMILES string of the molecule is O=C(Nc1cccc(C(=O)Nc2ccc3c(O)cccc3c2)c1)c1ccccc1. The molecule has 0 heterocycles. The maximum absolute atomic E-state index is 12.7. The number of phenolic OH excluding ortho intramolecular Hbond substituents is 1. The van der Waals surface area contributed by atoms with Crippen LogP contribution in [0, 0.1) is 0 Å². The van der Waals surface area contributed by atoms with E-state index < -0.39 is 0 Å². The van der Waals surface area contributed by atoms with Gasteiger partial charge in [0.2, 0.25) is 0 Å². The molecular formula is C24H18N2O3. The number of carbonyl (C=O) groups excluding carboxylic acids is 2. The Balaban J connectivity index is 1.51. The third-order valence-corrected chi connectivity index (χ3v) is 4.53. The van der Waals surface area contributed by atoms with Crippen molar-refractivity contribution in [3.05, 3.63) is 102 Å². The minimum atomic E-state index is -0.291. The van der Waals surface area contributed by atoms with Crippen LogP contribution in [0.15, 0.2) is 91.0 Å². The van der Waals surface area contributed by atoms with Gasteiger partial charge >= 0.3 is 0 Å². The summed E-state index contributed by atoms with van der Waals surface area (Å²) in [5, 5.41) is 17.1. The highest BCUT2D eigenvalue weighted by molar-refractivity contribution is 6.08. The van der Waals surface area contributed by atoms with Gasteiger partial charge in [-0.1, -0.05) is 36.4 Å². The van der Waals surface area contributed by atoms with Crippen molar-refractivity contribution >= 4 is 34.0 Å². The van der Waals surface area contributed by atoms with E-state index in [1.54, 1.807) is 78.9 Å². The van der Waals surface area contributed by atoms with Gasteiger partial charge in [0, 0.05) is 27.9 Å². The maximum Gasteiger partial charge on any atom is 0.255 e. The Kier molecular flexibility index (Phi) is 4.95. The molecule has 0 radical (unpaired) electrons. The number of fused-ring (bicyclic) bond motifs is 1. The van der Waals surface area contributed by atoms with E-state index >= 15 is 0 Å². The van der Waals surface area contributed by atoms with Crippen molar-refractivity contribution < 1.29 is 14.7 Å². The van der Waals surface area contributed by atoms with Gasteiger partial charge in [-0.15, -0.1) is 0 Å². The van der Waals surface area contributed by atoms with Crippen molar-refractivity contribution in [3.63, 3.8) is 0 Å². The first-order valence-electron chi connectivity index (χ1n) is 9.10. The highest BCUT2D eigenvalue weighted by atomic mass is 16.3. The summed E-state index contributed by atoms with van der Waals surface area (Å²) in [4.78, 5) is 25.0. The Bertz CT molecular complexity index is 1200. The van der Waals surface area contributed by atoms with Crippen molar-refractivity contribution in [1.82, 2.24) is 0 Å². The molecule has 0 aromatic heterocycles. The van der Waals surface area contributed by atoms with E-state index in [1.807, 2.05) is 12.1 Å². The van der Waals surface area contributed by atoms with E-state index in [9.17, 15) is 14.7 Å². The molecule has 142 valence electrons. The molecule has 5 nitrogen and oxygen atoms in total. The Hall–Kier alpha value is -4.12. The number of hydrogen-bond acceptors (Lipinski definition) is 3. The molecule has 0 saturated carbocycles. The highest BCUT2D eigenvalue weighted by Gasteiger charge is 2.10. The van der Waals surface area contributed by atoms with E-state index in [1.165, 1.54) is 0 Å². The monoisotopic (exact) mass is 382 g/mol. The quantitative estimate of drug-likeness (QED) is 0.462. The lowest BCUT2D eigenvalue weighted by molar-refractivity contribution is 0.101. The molecule has 2 amide bonds. The molecule has 4 aromatic rings. The van der Waals surface area contributed by atoms with Gasteiger partial charge in [0.25, 0.3) is 11.8 Å². The Morgan fingerprint density at radius 1 is 0.621 bits per heavy atom. The van der Waals surface area contributed by atoms with Crippen LogP contribution in [-0.4, -0.2) is 16.9 Å². The van der Waals surface area contributed by atoms with Crippen LogP contribution in [0.25, 0.3) is 10.8 Å². The molecule has 3 N–H and O–H groups in total.